The van der Waals surface area contributed by atoms with Crippen molar-refractivity contribution in [1.29, 1.82) is 5.26 Å². The molecule has 0 aliphatic heterocycles. The van der Waals surface area contributed by atoms with Crippen molar-refractivity contribution in [2.24, 2.45) is 0 Å². The Balaban J connectivity index is 3.98. The molecule has 0 saturated heterocycles. The highest BCUT2D eigenvalue weighted by molar-refractivity contribution is 5.93. The Labute approximate surface area is 170 Å². The van der Waals surface area contributed by atoms with Crippen LogP contribution in [-0.4, -0.2) is 30.8 Å². The summed E-state index contributed by atoms with van der Waals surface area (Å²) in [5.74, 6) is -0.634. The van der Waals surface area contributed by atoms with Crippen molar-refractivity contribution in [2.45, 2.75) is 71.1 Å². The van der Waals surface area contributed by atoms with Gasteiger partial charge in [0.2, 0.25) is 0 Å². The molecule has 0 rings (SSSR count). The van der Waals surface area contributed by atoms with Gasteiger partial charge in [-0.2, -0.15) is 5.26 Å². The third-order valence-corrected chi connectivity index (χ3v) is 4.14. The average Bonchev–Trinajstić information content (AvgIpc) is 2.69. The number of nitrogens with zero attached hydrogens (tertiary/aromatic N) is 4. The summed E-state index contributed by atoms with van der Waals surface area (Å²) in [4.78, 5) is 19.8. The van der Waals surface area contributed by atoms with Gasteiger partial charge in [0.05, 0.1) is 6.61 Å². The molecule has 0 spiro atoms. The van der Waals surface area contributed by atoms with Crippen LogP contribution in [0.25, 0.3) is 9.69 Å². The molecule has 0 radical (unpaired) electrons. The summed E-state index contributed by atoms with van der Waals surface area (Å²) in [7, 11) is 0. The van der Waals surface area contributed by atoms with E-state index in [4.69, 9.17) is 23.1 Å². The predicted octanol–water partition coefficient (Wildman–Crippen LogP) is 5.47. The van der Waals surface area contributed by atoms with E-state index in [9.17, 15) is 4.79 Å². The number of hydrogen-bond donors (Lipinski definition) is 0. The van der Waals surface area contributed by atoms with Gasteiger partial charge in [-0.15, -0.1) is 0 Å². The van der Waals surface area contributed by atoms with Crippen LogP contribution in [0, 0.1) is 24.5 Å². The maximum Gasteiger partial charge on any atom is 0.348 e. The summed E-state index contributed by atoms with van der Waals surface area (Å²) in [6.07, 6.45) is 16.4. The number of carbonyl (C=O) groups excluding carboxylic acids is 1. The lowest BCUT2D eigenvalue weighted by Crippen LogP contribution is -2.15. The fourth-order valence-corrected chi connectivity index (χ4v) is 2.56. The van der Waals surface area contributed by atoms with E-state index in [0.29, 0.717) is 6.61 Å². The third kappa shape index (κ3) is 14.4. The first kappa shape index (κ1) is 25.2. The first-order valence-electron chi connectivity index (χ1n) is 10.1. The van der Waals surface area contributed by atoms with E-state index >= 15 is 0 Å². The molecule has 6 nitrogen and oxygen atoms in total. The van der Waals surface area contributed by atoms with E-state index in [0.717, 1.165) is 19.3 Å². The first-order valence-corrected chi connectivity index (χ1v) is 10.1. The van der Waals surface area contributed by atoms with Crippen LogP contribution in [0.3, 0.4) is 0 Å². The van der Waals surface area contributed by atoms with E-state index in [1.165, 1.54) is 68.2 Å². The zero-order chi connectivity index (χ0) is 20.9. The molecule has 0 bridgehead atoms. The van der Waals surface area contributed by atoms with Crippen LogP contribution in [0.4, 0.5) is 0 Å². The standard InChI is InChI=1S/C22H32N4O2/c1-4-5-6-7-8-9-10-11-12-13-17-28-22(27)21(18-23)15-14-16-26(19-24-2)20-25-3/h14-16H,4-13,17,19-20H2,1H3/b16-14+,21-15-. The zero-order valence-electron chi connectivity index (χ0n) is 17.0. The van der Waals surface area contributed by atoms with Crippen LogP contribution in [0.15, 0.2) is 23.9 Å². The Hall–Kier alpha value is -2.78. The van der Waals surface area contributed by atoms with Crippen molar-refractivity contribution in [3.63, 3.8) is 0 Å². The first-order chi connectivity index (χ1) is 13.7. The molecule has 0 aromatic carbocycles. The predicted molar refractivity (Wildman–Crippen MR) is 110 cm³/mol. The molecule has 152 valence electrons. The van der Waals surface area contributed by atoms with Crippen LogP contribution in [-0.2, 0) is 9.53 Å². The lowest BCUT2D eigenvalue weighted by Gasteiger charge is -2.05. The zero-order valence-corrected chi connectivity index (χ0v) is 17.0. The van der Waals surface area contributed by atoms with E-state index in [1.807, 2.05) is 6.07 Å². The van der Waals surface area contributed by atoms with E-state index in [1.54, 1.807) is 0 Å². The minimum Gasteiger partial charge on any atom is -0.462 e. The number of allylic oxidation sites excluding steroid dienone is 2. The Morgan fingerprint density at radius 2 is 1.54 bits per heavy atom. The molecule has 0 aliphatic carbocycles. The van der Waals surface area contributed by atoms with E-state index < -0.39 is 5.97 Å². The second-order valence-electron chi connectivity index (χ2n) is 6.54. The Morgan fingerprint density at radius 3 is 2.04 bits per heavy atom. The minimum absolute atomic E-state index is 0.0534. The van der Waals surface area contributed by atoms with Crippen LogP contribution in [0.2, 0.25) is 0 Å². The highest BCUT2D eigenvalue weighted by Gasteiger charge is 2.09. The Kier molecular flexibility index (Phi) is 17.1. The minimum atomic E-state index is -0.634. The molecule has 0 aromatic rings. The van der Waals surface area contributed by atoms with Crippen molar-refractivity contribution in [1.82, 2.24) is 4.90 Å². The summed E-state index contributed by atoms with van der Waals surface area (Å²) in [5.41, 5.74) is -0.0890. The molecule has 0 atom stereocenters. The lowest BCUT2D eigenvalue weighted by atomic mass is 10.1. The number of carbonyl (C=O) groups is 1. The summed E-state index contributed by atoms with van der Waals surface area (Å²) >= 11 is 0. The lowest BCUT2D eigenvalue weighted by molar-refractivity contribution is -0.138. The molecule has 0 saturated carbocycles. The molecule has 0 heterocycles. The van der Waals surface area contributed by atoms with Gasteiger partial charge in [-0.3, -0.25) is 9.69 Å². The van der Waals surface area contributed by atoms with E-state index in [2.05, 4.69) is 16.6 Å². The largest absolute Gasteiger partial charge is 0.462 e. The summed E-state index contributed by atoms with van der Waals surface area (Å²) in [6.45, 7) is 16.3. The third-order valence-electron chi connectivity index (χ3n) is 4.14. The smallest absolute Gasteiger partial charge is 0.348 e. The van der Waals surface area contributed by atoms with Gasteiger partial charge in [0, 0.05) is 6.20 Å². The molecule has 0 aromatic heterocycles. The van der Waals surface area contributed by atoms with Gasteiger partial charge in [-0.1, -0.05) is 64.7 Å². The topological polar surface area (TPSA) is 62.0 Å². The van der Waals surface area contributed by atoms with Crippen LogP contribution in [0.5, 0.6) is 0 Å². The molecular formula is C22H32N4O2. The van der Waals surface area contributed by atoms with Gasteiger partial charge in [0.15, 0.2) is 0 Å². The van der Waals surface area contributed by atoms with Crippen LogP contribution < -0.4 is 0 Å². The molecule has 6 heteroatoms. The second-order valence-corrected chi connectivity index (χ2v) is 6.54. The van der Waals surface area contributed by atoms with Crippen LogP contribution in [0.1, 0.15) is 71.1 Å². The second kappa shape index (κ2) is 19.0. The number of hydrogen-bond acceptors (Lipinski definition) is 4. The number of ether oxygens (including phenoxy) is 1. The molecule has 0 fully saturated rings. The maximum atomic E-state index is 11.9. The van der Waals surface area contributed by atoms with Crippen molar-refractivity contribution in [3.8, 4) is 6.07 Å². The maximum absolute atomic E-state index is 11.9. The average molecular weight is 385 g/mol. The molecule has 0 N–H and O–H groups in total. The van der Waals surface area contributed by atoms with Gasteiger partial charge in [-0.05, 0) is 18.6 Å². The highest BCUT2D eigenvalue weighted by atomic mass is 16.5. The molecule has 0 unspecified atom stereocenters. The van der Waals surface area contributed by atoms with Crippen LogP contribution >= 0.6 is 0 Å². The van der Waals surface area contributed by atoms with Gasteiger partial charge in [0.1, 0.15) is 11.6 Å². The molecule has 28 heavy (non-hydrogen) atoms. The van der Waals surface area contributed by atoms with Crippen molar-refractivity contribution in [3.05, 3.63) is 46.8 Å². The SMILES string of the molecule is [C-]#[N+]CN(/C=C/C=C(/C#N)C(=O)OCCCCCCCCCCCC)C[N+]#[C-]. The Bertz CT molecular complexity index is 589. The van der Waals surface area contributed by atoms with Crippen molar-refractivity contribution < 1.29 is 9.53 Å². The Morgan fingerprint density at radius 1 is 1.00 bits per heavy atom. The molecule has 0 amide bonds. The number of unbranched alkanes of at least 4 members (excludes halogenated alkanes) is 9. The fraction of sp³-hybridized carbons (Fsp3) is 0.636. The number of rotatable bonds is 16. The summed E-state index contributed by atoms with van der Waals surface area (Å²) < 4.78 is 5.15. The van der Waals surface area contributed by atoms with E-state index in [-0.39, 0.29) is 18.9 Å². The number of esters is 1. The van der Waals surface area contributed by atoms with Crippen molar-refractivity contribution >= 4 is 5.97 Å². The quantitative estimate of drug-likeness (QED) is 0.0884. The summed E-state index contributed by atoms with van der Waals surface area (Å²) in [6, 6.07) is 1.83. The van der Waals surface area contributed by atoms with Gasteiger partial charge in [0.25, 0.3) is 13.3 Å². The monoisotopic (exact) mass is 384 g/mol. The van der Waals surface area contributed by atoms with Gasteiger partial charge >= 0.3 is 5.97 Å². The highest BCUT2D eigenvalue weighted by Crippen LogP contribution is 2.10. The summed E-state index contributed by atoms with van der Waals surface area (Å²) in [5, 5.41) is 9.08. The molecule has 0 aliphatic rings. The fourth-order valence-electron chi connectivity index (χ4n) is 2.56. The molecular weight excluding hydrogens is 352 g/mol. The van der Waals surface area contributed by atoms with Crippen molar-refractivity contribution in [2.75, 3.05) is 19.9 Å². The van der Waals surface area contributed by atoms with Gasteiger partial charge < -0.3 is 4.74 Å². The number of nitriles is 1. The normalized spacial score (nSPS) is 10.9. The van der Waals surface area contributed by atoms with Gasteiger partial charge in [-0.25, -0.2) is 22.8 Å².